The SMILES string of the molecule is CC(C)(C)c1ccc(C(=O)C2COc3ccccc32)s1. The van der Waals surface area contributed by atoms with Crippen LogP contribution in [0.4, 0.5) is 0 Å². The number of ketones is 1. The van der Waals surface area contributed by atoms with Gasteiger partial charge < -0.3 is 4.74 Å². The van der Waals surface area contributed by atoms with E-state index >= 15 is 0 Å². The lowest BCUT2D eigenvalue weighted by Crippen LogP contribution is -2.13. The van der Waals surface area contributed by atoms with E-state index in [1.807, 2.05) is 30.3 Å². The highest BCUT2D eigenvalue weighted by atomic mass is 32.1. The van der Waals surface area contributed by atoms with Crippen LogP contribution in [0.2, 0.25) is 0 Å². The molecule has 2 nitrogen and oxygen atoms in total. The zero-order valence-electron chi connectivity index (χ0n) is 12.0. The molecule has 0 saturated carbocycles. The second-order valence-electron chi connectivity index (χ2n) is 6.18. The van der Waals surface area contributed by atoms with Gasteiger partial charge in [0.2, 0.25) is 0 Å². The van der Waals surface area contributed by atoms with Gasteiger partial charge >= 0.3 is 0 Å². The van der Waals surface area contributed by atoms with Crippen LogP contribution in [0.3, 0.4) is 0 Å². The van der Waals surface area contributed by atoms with Crippen molar-refractivity contribution in [3.63, 3.8) is 0 Å². The lowest BCUT2D eigenvalue weighted by Gasteiger charge is -2.15. The number of hydrogen-bond donors (Lipinski definition) is 0. The van der Waals surface area contributed by atoms with Crippen molar-refractivity contribution in [1.82, 2.24) is 0 Å². The molecule has 0 radical (unpaired) electrons. The van der Waals surface area contributed by atoms with Gasteiger partial charge in [0.15, 0.2) is 5.78 Å². The Kier molecular flexibility index (Phi) is 3.17. The first kappa shape index (κ1) is 13.4. The summed E-state index contributed by atoms with van der Waals surface area (Å²) in [6, 6.07) is 11.8. The summed E-state index contributed by atoms with van der Waals surface area (Å²) >= 11 is 1.60. The predicted molar refractivity (Wildman–Crippen MR) is 82.0 cm³/mol. The molecule has 0 amide bonds. The molecule has 3 rings (SSSR count). The van der Waals surface area contributed by atoms with Crippen LogP contribution >= 0.6 is 11.3 Å². The molecule has 0 spiro atoms. The standard InChI is InChI=1S/C17H18O2S/c1-17(2,3)15-9-8-14(20-15)16(18)12-10-19-13-7-5-4-6-11(12)13/h4-9,12H,10H2,1-3H3. The molecule has 1 aromatic heterocycles. The van der Waals surface area contributed by atoms with Crippen molar-refractivity contribution in [2.24, 2.45) is 0 Å². The van der Waals surface area contributed by atoms with E-state index in [4.69, 9.17) is 4.74 Å². The minimum absolute atomic E-state index is 0.0906. The van der Waals surface area contributed by atoms with E-state index in [9.17, 15) is 4.79 Å². The second kappa shape index (κ2) is 4.74. The molecule has 0 bridgehead atoms. The van der Waals surface area contributed by atoms with Gasteiger partial charge in [0.05, 0.1) is 10.8 Å². The molecule has 3 heteroatoms. The van der Waals surface area contributed by atoms with Gasteiger partial charge in [-0.2, -0.15) is 0 Å². The Morgan fingerprint density at radius 3 is 2.65 bits per heavy atom. The summed E-state index contributed by atoms with van der Waals surface area (Å²) in [7, 11) is 0. The molecule has 1 aromatic carbocycles. The summed E-state index contributed by atoms with van der Waals surface area (Å²) in [6.45, 7) is 6.96. The Bertz CT molecular complexity index is 649. The number of fused-ring (bicyclic) bond motifs is 1. The first-order valence-electron chi connectivity index (χ1n) is 6.83. The Hall–Kier alpha value is -1.61. The largest absolute Gasteiger partial charge is 0.492 e. The zero-order valence-corrected chi connectivity index (χ0v) is 12.8. The molecule has 1 atom stereocenters. The van der Waals surface area contributed by atoms with E-state index in [0.717, 1.165) is 16.2 Å². The minimum atomic E-state index is -0.155. The maximum absolute atomic E-state index is 12.7. The van der Waals surface area contributed by atoms with Crippen molar-refractivity contribution < 1.29 is 9.53 Å². The molecular formula is C17H18O2S. The van der Waals surface area contributed by atoms with Gasteiger partial charge in [0, 0.05) is 10.4 Å². The summed E-state index contributed by atoms with van der Waals surface area (Å²) in [5, 5.41) is 0. The van der Waals surface area contributed by atoms with E-state index in [1.165, 1.54) is 4.88 Å². The number of carbonyl (C=O) groups excluding carboxylic acids is 1. The van der Waals surface area contributed by atoms with E-state index < -0.39 is 0 Å². The van der Waals surface area contributed by atoms with E-state index in [0.29, 0.717) is 6.61 Å². The molecule has 1 aliphatic heterocycles. The average Bonchev–Trinajstić information content (AvgIpc) is 3.04. The molecule has 0 fully saturated rings. The molecule has 104 valence electrons. The first-order valence-corrected chi connectivity index (χ1v) is 7.65. The maximum atomic E-state index is 12.7. The summed E-state index contributed by atoms with van der Waals surface area (Å²) < 4.78 is 5.61. The second-order valence-corrected chi connectivity index (χ2v) is 7.26. The highest BCUT2D eigenvalue weighted by molar-refractivity contribution is 7.14. The molecule has 20 heavy (non-hydrogen) atoms. The number of rotatable bonds is 2. The van der Waals surface area contributed by atoms with Gasteiger partial charge in [-0.15, -0.1) is 11.3 Å². The normalized spacial score (nSPS) is 17.6. The van der Waals surface area contributed by atoms with Gasteiger partial charge in [0.1, 0.15) is 12.4 Å². The van der Waals surface area contributed by atoms with Crippen LogP contribution in [0.5, 0.6) is 5.75 Å². The number of ether oxygens (including phenoxy) is 1. The van der Waals surface area contributed by atoms with Crippen LogP contribution in [0.1, 0.15) is 46.8 Å². The van der Waals surface area contributed by atoms with Crippen molar-refractivity contribution >= 4 is 17.1 Å². The molecular weight excluding hydrogens is 268 g/mol. The van der Waals surface area contributed by atoms with Crippen LogP contribution in [-0.4, -0.2) is 12.4 Å². The average molecular weight is 286 g/mol. The van der Waals surface area contributed by atoms with Crippen molar-refractivity contribution in [2.75, 3.05) is 6.61 Å². The Morgan fingerprint density at radius 2 is 1.95 bits per heavy atom. The number of carbonyl (C=O) groups is 1. The third-order valence-corrected chi connectivity index (χ3v) is 5.13. The number of Topliss-reactive ketones (excluding diaryl/α,β-unsaturated/α-hetero) is 1. The van der Waals surface area contributed by atoms with Crippen LogP contribution < -0.4 is 4.74 Å². The summed E-state index contributed by atoms with van der Waals surface area (Å²) in [6.07, 6.45) is 0. The maximum Gasteiger partial charge on any atom is 0.183 e. The monoisotopic (exact) mass is 286 g/mol. The number of hydrogen-bond acceptors (Lipinski definition) is 3. The predicted octanol–water partition coefficient (Wildman–Crippen LogP) is 4.40. The molecule has 0 saturated heterocycles. The number of benzene rings is 1. The first-order chi connectivity index (χ1) is 9.47. The summed E-state index contributed by atoms with van der Waals surface area (Å²) in [4.78, 5) is 14.8. The molecule has 1 aliphatic rings. The third kappa shape index (κ3) is 2.27. The van der Waals surface area contributed by atoms with Gasteiger partial charge in [-0.3, -0.25) is 4.79 Å². The molecule has 1 unspecified atom stereocenters. The van der Waals surface area contributed by atoms with Crippen LogP contribution in [0.15, 0.2) is 36.4 Å². The quantitative estimate of drug-likeness (QED) is 0.765. The molecule has 2 aromatic rings. The lowest BCUT2D eigenvalue weighted by molar-refractivity contribution is 0.0951. The summed E-state index contributed by atoms with van der Waals surface area (Å²) in [5.41, 5.74) is 1.11. The number of para-hydroxylation sites is 1. The van der Waals surface area contributed by atoms with Gasteiger partial charge in [0.25, 0.3) is 0 Å². The van der Waals surface area contributed by atoms with Crippen LogP contribution in [0, 0.1) is 0 Å². The molecule has 0 aliphatic carbocycles. The Labute approximate surface area is 123 Å². The Morgan fingerprint density at radius 1 is 1.20 bits per heavy atom. The Balaban J connectivity index is 1.89. The van der Waals surface area contributed by atoms with Crippen LogP contribution in [0.25, 0.3) is 0 Å². The minimum Gasteiger partial charge on any atom is -0.492 e. The van der Waals surface area contributed by atoms with Crippen molar-refractivity contribution in [2.45, 2.75) is 32.1 Å². The highest BCUT2D eigenvalue weighted by Crippen LogP contribution is 2.38. The zero-order chi connectivity index (χ0) is 14.3. The van der Waals surface area contributed by atoms with Crippen molar-refractivity contribution in [3.05, 3.63) is 51.7 Å². The lowest BCUT2D eigenvalue weighted by atomic mass is 9.94. The fourth-order valence-corrected chi connectivity index (χ4v) is 3.48. The molecule has 0 N–H and O–H groups in total. The van der Waals surface area contributed by atoms with Gasteiger partial charge in [-0.25, -0.2) is 0 Å². The van der Waals surface area contributed by atoms with Crippen molar-refractivity contribution in [1.29, 1.82) is 0 Å². The van der Waals surface area contributed by atoms with E-state index in [2.05, 4.69) is 26.8 Å². The molecule has 2 heterocycles. The van der Waals surface area contributed by atoms with Crippen molar-refractivity contribution in [3.8, 4) is 5.75 Å². The van der Waals surface area contributed by atoms with E-state index in [1.54, 1.807) is 11.3 Å². The van der Waals surface area contributed by atoms with Crippen LogP contribution in [-0.2, 0) is 5.41 Å². The topological polar surface area (TPSA) is 26.3 Å². The fourth-order valence-electron chi connectivity index (χ4n) is 2.42. The van der Waals surface area contributed by atoms with Gasteiger partial charge in [-0.05, 0) is 23.6 Å². The van der Waals surface area contributed by atoms with Gasteiger partial charge in [-0.1, -0.05) is 39.0 Å². The fraction of sp³-hybridized carbons (Fsp3) is 0.353. The summed E-state index contributed by atoms with van der Waals surface area (Å²) in [5.74, 6) is 0.867. The smallest absolute Gasteiger partial charge is 0.183 e. The highest BCUT2D eigenvalue weighted by Gasteiger charge is 2.32. The third-order valence-electron chi connectivity index (χ3n) is 3.60. The number of thiophene rings is 1. The van der Waals surface area contributed by atoms with E-state index in [-0.39, 0.29) is 17.1 Å².